The van der Waals surface area contributed by atoms with Gasteiger partial charge in [0, 0.05) is 49.0 Å². The molecular weight excluding hydrogens is 448 g/mol. The SMILES string of the molecule is CCOC(=O)C1=C(C)N(CC(=O)N2CCC3(CC2)OCCO3)C(=O)CC1c1ccccc1Cl. The summed E-state index contributed by atoms with van der Waals surface area (Å²) in [6.07, 6.45) is 1.24. The minimum absolute atomic E-state index is 0.0350. The lowest BCUT2D eigenvalue weighted by molar-refractivity contribution is -0.187. The number of carbonyl (C=O) groups excluding carboxylic acids is 3. The fourth-order valence-corrected chi connectivity index (χ4v) is 5.09. The first-order valence-corrected chi connectivity index (χ1v) is 11.7. The van der Waals surface area contributed by atoms with Gasteiger partial charge in [-0.3, -0.25) is 9.59 Å². The van der Waals surface area contributed by atoms with E-state index >= 15 is 0 Å². The minimum atomic E-state index is -0.577. The van der Waals surface area contributed by atoms with E-state index in [1.165, 1.54) is 4.90 Å². The van der Waals surface area contributed by atoms with Gasteiger partial charge in [-0.1, -0.05) is 29.8 Å². The second-order valence-corrected chi connectivity index (χ2v) is 8.87. The average Bonchev–Trinajstić information content (AvgIpc) is 3.25. The third-order valence-corrected chi connectivity index (χ3v) is 6.93. The van der Waals surface area contributed by atoms with Crippen molar-refractivity contribution in [2.45, 2.75) is 44.8 Å². The highest BCUT2D eigenvalue weighted by Crippen LogP contribution is 2.40. The summed E-state index contributed by atoms with van der Waals surface area (Å²) in [5, 5.41) is 0.480. The highest BCUT2D eigenvalue weighted by atomic mass is 35.5. The molecule has 1 spiro atoms. The van der Waals surface area contributed by atoms with Crippen LogP contribution < -0.4 is 0 Å². The Morgan fingerprint density at radius 3 is 2.48 bits per heavy atom. The van der Waals surface area contributed by atoms with Gasteiger partial charge in [0.1, 0.15) is 6.54 Å². The normalized spacial score (nSPS) is 22.8. The summed E-state index contributed by atoms with van der Waals surface area (Å²) in [4.78, 5) is 42.2. The van der Waals surface area contributed by atoms with E-state index in [0.29, 0.717) is 61.0 Å². The molecule has 0 radical (unpaired) electrons. The summed E-state index contributed by atoms with van der Waals surface area (Å²) in [6, 6.07) is 7.16. The first-order chi connectivity index (χ1) is 15.8. The van der Waals surface area contributed by atoms with E-state index in [1.807, 2.05) is 12.1 Å². The molecule has 1 atom stereocenters. The van der Waals surface area contributed by atoms with Gasteiger partial charge in [-0.2, -0.15) is 0 Å². The third kappa shape index (κ3) is 4.78. The molecule has 2 saturated heterocycles. The lowest BCUT2D eigenvalue weighted by Crippen LogP contribution is -2.51. The Morgan fingerprint density at radius 2 is 1.85 bits per heavy atom. The third-order valence-electron chi connectivity index (χ3n) is 6.58. The number of likely N-dealkylation sites (tertiary alicyclic amines) is 1. The molecular formula is C24H29ClN2O6. The van der Waals surface area contributed by atoms with Crippen LogP contribution >= 0.6 is 11.6 Å². The molecule has 9 heteroatoms. The molecule has 1 unspecified atom stereocenters. The highest BCUT2D eigenvalue weighted by Gasteiger charge is 2.42. The predicted octanol–water partition coefficient (Wildman–Crippen LogP) is 2.86. The van der Waals surface area contributed by atoms with Gasteiger partial charge in [0.15, 0.2) is 5.79 Å². The van der Waals surface area contributed by atoms with Gasteiger partial charge in [-0.15, -0.1) is 0 Å². The van der Waals surface area contributed by atoms with Crippen LogP contribution in [-0.2, 0) is 28.6 Å². The van der Waals surface area contributed by atoms with Crippen molar-refractivity contribution in [2.75, 3.05) is 39.5 Å². The topological polar surface area (TPSA) is 85.4 Å². The molecule has 4 rings (SSSR count). The van der Waals surface area contributed by atoms with Crippen molar-refractivity contribution in [2.24, 2.45) is 0 Å². The summed E-state index contributed by atoms with van der Waals surface area (Å²) < 4.78 is 16.8. The molecule has 2 fully saturated rings. The van der Waals surface area contributed by atoms with E-state index in [4.69, 9.17) is 25.8 Å². The molecule has 8 nitrogen and oxygen atoms in total. The van der Waals surface area contributed by atoms with Crippen molar-refractivity contribution < 1.29 is 28.6 Å². The first-order valence-electron chi connectivity index (χ1n) is 11.3. The molecule has 1 aromatic carbocycles. The monoisotopic (exact) mass is 476 g/mol. The Kier molecular flexibility index (Phi) is 7.07. The Hall–Kier alpha value is -2.42. The fraction of sp³-hybridized carbons (Fsp3) is 0.542. The zero-order valence-corrected chi connectivity index (χ0v) is 19.7. The molecule has 1 aromatic rings. The van der Waals surface area contributed by atoms with Crippen LogP contribution in [0.25, 0.3) is 0 Å². The summed E-state index contributed by atoms with van der Waals surface area (Å²) in [6.45, 7) is 5.63. The van der Waals surface area contributed by atoms with Crippen LogP contribution in [0.1, 0.15) is 44.6 Å². The van der Waals surface area contributed by atoms with E-state index in [1.54, 1.807) is 30.9 Å². The number of halogens is 1. The highest BCUT2D eigenvalue weighted by molar-refractivity contribution is 6.31. The zero-order valence-electron chi connectivity index (χ0n) is 19.0. The average molecular weight is 477 g/mol. The van der Waals surface area contributed by atoms with Gasteiger partial charge in [-0.05, 0) is 25.5 Å². The van der Waals surface area contributed by atoms with Crippen molar-refractivity contribution in [3.63, 3.8) is 0 Å². The fourth-order valence-electron chi connectivity index (χ4n) is 4.82. The van der Waals surface area contributed by atoms with E-state index < -0.39 is 17.7 Å². The van der Waals surface area contributed by atoms with E-state index in [0.717, 1.165) is 0 Å². The molecule has 0 aliphatic carbocycles. The van der Waals surface area contributed by atoms with Crippen molar-refractivity contribution >= 4 is 29.4 Å². The standard InChI is InChI=1S/C24H29ClN2O6/c1-3-31-23(30)22-16(2)27(20(28)14-18(22)17-6-4-5-7-19(17)25)15-21(29)26-10-8-24(9-11-26)32-12-13-33-24/h4-7,18H,3,8-15H2,1-2H3. The number of carbonyl (C=O) groups is 3. The van der Waals surface area contributed by atoms with Crippen LogP contribution in [-0.4, -0.2) is 72.8 Å². The van der Waals surface area contributed by atoms with Crippen LogP contribution in [0.2, 0.25) is 5.02 Å². The van der Waals surface area contributed by atoms with Gasteiger partial charge in [0.25, 0.3) is 0 Å². The Morgan fingerprint density at radius 1 is 1.18 bits per heavy atom. The van der Waals surface area contributed by atoms with Crippen LogP contribution in [0.3, 0.4) is 0 Å². The predicted molar refractivity (Wildman–Crippen MR) is 120 cm³/mol. The maximum atomic E-state index is 13.1. The van der Waals surface area contributed by atoms with E-state index in [2.05, 4.69) is 0 Å². The van der Waals surface area contributed by atoms with E-state index in [9.17, 15) is 14.4 Å². The molecule has 3 aliphatic rings. The van der Waals surface area contributed by atoms with E-state index in [-0.39, 0.29) is 31.4 Å². The largest absolute Gasteiger partial charge is 0.463 e. The Balaban J connectivity index is 1.55. The lowest BCUT2D eigenvalue weighted by Gasteiger charge is -2.39. The summed E-state index contributed by atoms with van der Waals surface area (Å²) in [7, 11) is 0. The molecule has 2 amide bonds. The van der Waals surface area contributed by atoms with Crippen LogP contribution in [0, 0.1) is 0 Å². The number of piperidine rings is 1. The molecule has 33 heavy (non-hydrogen) atoms. The first kappa shape index (κ1) is 23.7. The summed E-state index contributed by atoms with van der Waals surface area (Å²) in [5.41, 5.74) is 1.49. The van der Waals surface area contributed by atoms with Gasteiger partial charge in [-0.25, -0.2) is 4.79 Å². The van der Waals surface area contributed by atoms with Gasteiger partial charge in [0.2, 0.25) is 11.8 Å². The summed E-state index contributed by atoms with van der Waals surface area (Å²) >= 11 is 6.39. The van der Waals surface area contributed by atoms with Crippen LogP contribution in [0.15, 0.2) is 35.5 Å². The molecule has 3 aliphatic heterocycles. The maximum Gasteiger partial charge on any atom is 0.336 e. The van der Waals surface area contributed by atoms with Crippen LogP contribution in [0.4, 0.5) is 0 Å². The number of rotatable bonds is 5. The number of allylic oxidation sites excluding steroid dienone is 1. The number of hydrogen-bond donors (Lipinski definition) is 0. The number of benzene rings is 1. The molecule has 0 aromatic heterocycles. The Labute approximate surface area is 198 Å². The van der Waals surface area contributed by atoms with Crippen molar-refractivity contribution in [1.82, 2.24) is 9.80 Å². The molecule has 0 saturated carbocycles. The van der Waals surface area contributed by atoms with Crippen molar-refractivity contribution in [3.8, 4) is 0 Å². The minimum Gasteiger partial charge on any atom is -0.463 e. The number of hydrogen-bond acceptors (Lipinski definition) is 6. The second-order valence-electron chi connectivity index (χ2n) is 8.47. The second kappa shape index (κ2) is 9.83. The molecule has 3 heterocycles. The maximum absolute atomic E-state index is 13.1. The Bertz CT molecular complexity index is 961. The number of ether oxygens (including phenoxy) is 3. The zero-order chi connectivity index (χ0) is 23.6. The van der Waals surface area contributed by atoms with Crippen molar-refractivity contribution in [3.05, 3.63) is 46.1 Å². The number of esters is 1. The summed E-state index contributed by atoms with van der Waals surface area (Å²) in [5.74, 6) is -2.00. The van der Waals surface area contributed by atoms with Crippen LogP contribution in [0.5, 0.6) is 0 Å². The lowest BCUT2D eigenvalue weighted by atomic mass is 9.83. The number of nitrogens with zero attached hydrogens (tertiary/aromatic N) is 2. The van der Waals surface area contributed by atoms with Gasteiger partial charge in [0.05, 0.1) is 25.4 Å². The molecule has 178 valence electrons. The van der Waals surface area contributed by atoms with Gasteiger partial charge >= 0.3 is 5.97 Å². The van der Waals surface area contributed by atoms with Gasteiger partial charge < -0.3 is 24.0 Å². The molecule has 0 bridgehead atoms. The molecule has 0 N–H and O–H groups in total. The van der Waals surface area contributed by atoms with Crippen molar-refractivity contribution in [1.29, 1.82) is 0 Å². The smallest absolute Gasteiger partial charge is 0.336 e. The quantitative estimate of drug-likeness (QED) is 0.607. The number of amides is 2.